The SMILES string of the molecule is CN=C(NCCOCc1ccccc1)NCC(c1ccc(C)s1)N1CCOCC1.I. The van der Waals surface area contributed by atoms with E-state index in [0.717, 1.165) is 38.8 Å². The number of morpholine rings is 1. The first-order chi connectivity index (χ1) is 14.3. The Morgan fingerprint density at radius 2 is 1.93 bits per heavy atom. The van der Waals surface area contributed by atoms with E-state index in [1.807, 2.05) is 29.5 Å². The van der Waals surface area contributed by atoms with Crippen LogP contribution in [0.3, 0.4) is 0 Å². The predicted octanol–water partition coefficient (Wildman–Crippen LogP) is 3.43. The molecule has 1 aliphatic rings. The Balaban J connectivity index is 0.00000320. The maximum absolute atomic E-state index is 5.74. The lowest BCUT2D eigenvalue weighted by atomic mass is 10.2. The van der Waals surface area contributed by atoms with Crippen molar-refractivity contribution in [1.29, 1.82) is 0 Å². The summed E-state index contributed by atoms with van der Waals surface area (Å²) >= 11 is 1.87. The molecule has 0 radical (unpaired) electrons. The van der Waals surface area contributed by atoms with E-state index in [-0.39, 0.29) is 24.0 Å². The van der Waals surface area contributed by atoms with Gasteiger partial charge in [-0.3, -0.25) is 9.89 Å². The van der Waals surface area contributed by atoms with Gasteiger partial charge in [-0.25, -0.2) is 0 Å². The van der Waals surface area contributed by atoms with Crippen LogP contribution in [0.2, 0.25) is 0 Å². The number of hydrogen-bond acceptors (Lipinski definition) is 5. The second-order valence-electron chi connectivity index (χ2n) is 7.03. The van der Waals surface area contributed by atoms with Crippen LogP contribution in [-0.2, 0) is 16.1 Å². The van der Waals surface area contributed by atoms with Crippen LogP contribution in [0.5, 0.6) is 0 Å². The summed E-state index contributed by atoms with van der Waals surface area (Å²) in [5.41, 5.74) is 1.19. The molecule has 1 fully saturated rings. The van der Waals surface area contributed by atoms with Crippen LogP contribution >= 0.6 is 35.3 Å². The Labute approximate surface area is 201 Å². The molecule has 0 aliphatic carbocycles. The van der Waals surface area contributed by atoms with Crippen LogP contribution in [0, 0.1) is 6.92 Å². The third-order valence-electron chi connectivity index (χ3n) is 4.91. The zero-order valence-corrected chi connectivity index (χ0v) is 20.9. The summed E-state index contributed by atoms with van der Waals surface area (Å²) in [6.45, 7) is 8.47. The van der Waals surface area contributed by atoms with Crippen LogP contribution in [0.25, 0.3) is 0 Å². The molecular formula is C22H33IN4O2S. The van der Waals surface area contributed by atoms with E-state index in [0.29, 0.717) is 25.8 Å². The van der Waals surface area contributed by atoms with Crippen molar-refractivity contribution in [3.63, 3.8) is 0 Å². The van der Waals surface area contributed by atoms with E-state index < -0.39 is 0 Å². The Hall–Kier alpha value is -1.20. The fourth-order valence-electron chi connectivity index (χ4n) is 3.35. The normalized spacial score (nSPS) is 16.0. The molecule has 6 nitrogen and oxygen atoms in total. The van der Waals surface area contributed by atoms with Crippen molar-refractivity contribution in [2.24, 2.45) is 4.99 Å². The minimum atomic E-state index is 0. The first kappa shape index (κ1) is 25.1. The molecule has 2 aromatic rings. The molecule has 0 spiro atoms. The highest BCUT2D eigenvalue weighted by Crippen LogP contribution is 2.27. The molecule has 2 heterocycles. The average Bonchev–Trinajstić information content (AvgIpc) is 3.19. The molecule has 2 N–H and O–H groups in total. The van der Waals surface area contributed by atoms with E-state index in [9.17, 15) is 0 Å². The highest BCUT2D eigenvalue weighted by atomic mass is 127. The van der Waals surface area contributed by atoms with Gasteiger partial charge in [0.2, 0.25) is 0 Å². The van der Waals surface area contributed by atoms with Crippen molar-refractivity contribution in [3.8, 4) is 0 Å². The number of benzene rings is 1. The summed E-state index contributed by atoms with van der Waals surface area (Å²) in [7, 11) is 1.80. The van der Waals surface area contributed by atoms with Crippen LogP contribution in [0.1, 0.15) is 21.4 Å². The quantitative estimate of drug-likeness (QED) is 0.219. The molecule has 1 atom stereocenters. The predicted molar refractivity (Wildman–Crippen MR) is 135 cm³/mol. The molecule has 0 saturated carbocycles. The summed E-state index contributed by atoms with van der Waals surface area (Å²) in [6, 6.07) is 15.0. The molecule has 1 aromatic carbocycles. The summed E-state index contributed by atoms with van der Waals surface area (Å²) in [5, 5.41) is 6.84. The van der Waals surface area contributed by atoms with Gasteiger partial charge in [0.25, 0.3) is 0 Å². The number of hydrogen-bond donors (Lipinski definition) is 2. The first-order valence-electron chi connectivity index (χ1n) is 10.2. The Morgan fingerprint density at radius 1 is 1.17 bits per heavy atom. The van der Waals surface area contributed by atoms with Gasteiger partial charge in [-0.2, -0.15) is 0 Å². The minimum absolute atomic E-state index is 0. The number of guanidine groups is 1. The number of ether oxygens (including phenoxy) is 2. The van der Waals surface area contributed by atoms with Crippen molar-refractivity contribution < 1.29 is 9.47 Å². The van der Waals surface area contributed by atoms with Crippen LogP contribution in [0.15, 0.2) is 47.5 Å². The number of rotatable bonds is 9. The summed E-state index contributed by atoms with van der Waals surface area (Å²) in [6.07, 6.45) is 0. The van der Waals surface area contributed by atoms with Gasteiger partial charge < -0.3 is 20.1 Å². The summed E-state index contributed by atoms with van der Waals surface area (Å²) in [4.78, 5) is 9.59. The maximum atomic E-state index is 5.74. The number of nitrogens with zero attached hydrogens (tertiary/aromatic N) is 2. The lowest BCUT2D eigenvalue weighted by Crippen LogP contribution is -2.46. The van der Waals surface area contributed by atoms with E-state index in [4.69, 9.17) is 9.47 Å². The van der Waals surface area contributed by atoms with Crippen molar-refractivity contribution in [3.05, 3.63) is 57.8 Å². The number of aliphatic imine (C=N–C) groups is 1. The fraction of sp³-hybridized carbons (Fsp3) is 0.500. The lowest BCUT2D eigenvalue weighted by Gasteiger charge is -2.34. The molecule has 1 aromatic heterocycles. The summed E-state index contributed by atoms with van der Waals surface area (Å²) in [5.74, 6) is 0.805. The largest absolute Gasteiger partial charge is 0.379 e. The maximum Gasteiger partial charge on any atom is 0.191 e. The third-order valence-corrected chi connectivity index (χ3v) is 6.01. The van der Waals surface area contributed by atoms with Gasteiger partial charge in [0, 0.05) is 43.0 Å². The molecule has 1 unspecified atom stereocenters. The van der Waals surface area contributed by atoms with Gasteiger partial charge in [0.15, 0.2) is 5.96 Å². The number of aryl methyl sites for hydroxylation is 1. The molecular weight excluding hydrogens is 511 g/mol. The Morgan fingerprint density at radius 3 is 2.60 bits per heavy atom. The van der Waals surface area contributed by atoms with Crippen molar-refractivity contribution >= 4 is 41.3 Å². The second-order valence-corrected chi connectivity index (χ2v) is 8.35. The molecule has 1 aliphatic heterocycles. The first-order valence-corrected chi connectivity index (χ1v) is 11.0. The Bertz CT molecular complexity index is 751. The third kappa shape index (κ3) is 8.14. The van der Waals surface area contributed by atoms with E-state index in [2.05, 4.69) is 51.7 Å². The topological polar surface area (TPSA) is 58.1 Å². The molecule has 1 saturated heterocycles. The highest BCUT2D eigenvalue weighted by molar-refractivity contribution is 14.0. The van der Waals surface area contributed by atoms with Gasteiger partial charge in [-0.05, 0) is 24.6 Å². The number of halogens is 1. The van der Waals surface area contributed by atoms with Gasteiger partial charge in [-0.15, -0.1) is 35.3 Å². The number of thiophene rings is 1. The Kier molecular flexibility index (Phi) is 11.7. The van der Waals surface area contributed by atoms with E-state index in [1.54, 1.807) is 7.05 Å². The summed E-state index contributed by atoms with van der Waals surface area (Å²) < 4.78 is 11.3. The monoisotopic (exact) mass is 544 g/mol. The molecule has 166 valence electrons. The highest BCUT2D eigenvalue weighted by Gasteiger charge is 2.24. The van der Waals surface area contributed by atoms with Gasteiger partial charge in [-0.1, -0.05) is 30.3 Å². The molecule has 0 bridgehead atoms. The molecule has 0 amide bonds. The molecule has 30 heavy (non-hydrogen) atoms. The van der Waals surface area contributed by atoms with E-state index in [1.165, 1.54) is 15.3 Å². The second kappa shape index (κ2) is 14.0. The number of nitrogens with one attached hydrogen (secondary N) is 2. The minimum Gasteiger partial charge on any atom is -0.379 e. The van der Waals surface area contributed by atoms with Gasteiger partial charge >= 0.3 is 0 Å². The van der Waals surface area contributed by atoms with Gasteiger partial charge in [0.05, 0.1) is 32.5 Å². The van der Waals surface area contributed by atoms with Crippen molar-refractivity contribution in [2.45, 2.75) is 19.6 Å². The van der Waals surface area contributed by atoms with Crippen LogP contribution in [-0.4, -0.2) is 63.9 Å². The van der Waals surface area contributed by atoms with Crippen LogP contribution in [0.4, 0.5) is 0 Å². The van der Waals surface area contributed by atoms with Crippen molar-refractivity contribution in [1.82, 2.24) is 15.5 Å². The average molecular weight is 545 g/mol. The fourth-order valence-corrected chi connectivity index (χ4v) is 4.36. The zero-order valence-electron chi connectivity index (χ0n) is 17.8. The van der Waals surface area contributed by atoms with Crippen molar-refractivity contribution in [2.75, 3.05) is 53.0 Å². The zero-order chi connectivity index (χ0) is 20.3. The molecule has 3 rings (SSSR count). The van der Waals surface area contributed by atoms with E-state index >= 15 is 0 Å². The van der Waals surface area contributed by atoms with Crippen LogP contribution < -0.4 is 10.6 Å². The molecule has 8 heteroatoms. The standard InChI is InChI=1S/C22H32N4O2S.HI/c1-18-8-9-21(29-18)20(26-11-14-27-15-12-26)16-25-22(23-2)24-10-13-28-17-19-6-4-3-5-7-19;/h3-9,20H,10-17H2,1-2H3,(H2,23,24,25);1H. The smallest absolute Gasteiger partial charge is 0.191 e. The van der Waals surface area contributed by atoms with Gasteiger partial charge in [0.1, 0.15) is 0 Å². The lowest BCUT2D eigenvalue weighted by molar-refractivity contribution is 0.0177.